The fourth-order valence-corrected chi connectivity index (χ4v) is 9.03. The second kappa shape index (κ2) is 51.2. The van der Waals surface area contributed by atoms with Crippen molar-refractivity contribution in [1.29, 1.82) is 0 Å². The number of carboxylic acid groups (broad SMARTS) is 1. The van der Waals surface area contributed by atoms with Gasteiger partial charge >= 0.3 is 17.9 Å². The topological polar surface area (TPSA) is 99.1 Å². The number of carbonyl (C=O) groups is 3. The van der Waals surface area contributed by atoms with Crippen LogP contribution in [0.1, 0.15) is 290 Å². The van der Waals surface area contributed by atoms with Crippen molar-refractivity contribution in [3.8, 4) is 0 Å². The standard InChI is InChI=1S/C60H113NO7/c1-6-8-10-12-14-16-18-20-22-24-26-28-30-32-34-36-38-40-42-44-46-48-50-58(62)67-55-56(54-66-53-52-57(60(64)65)61(3,4)5)68-59(63)51-49-47-45-43-41-39-37-35-33-31-29-27-25-23-21-19-17-15-13-11-9-7-2/h30-33,56-57H,6-29,34-55H2,1-5H3/p+1/b32-30+,33-31+. The predicted octanol–water partition coefficient (Wildman–Crippen LogP) is 17.5. The van der Waals surface area contributed by atoms with Gasteiger partial charge in [0.1, 0.15) is 6.61 Å². The minimum atomic E-state index is -0.872. The summed E-state index contributed by atoms with van der Waals surface area (Å²) in [6.07, 6.45) is 61.0. The Bertz CT molecular complexity index is 1160. The van der Waals surface area contributed by atoms with Gasteiger partial charge in [0.25, 0.3) is 0 Å². The molecular formula is C60H114NO7+. The smallest absolute Gasteiger partial charge is 0.362 e. The normalized spacial score (nSPS) is 12.9. The first-order valence-corrected chi connectivity index (χ1v) is 29.4. The maximum atomic E-state index is 12.8. The van der Waals surface area contributed by atoms with Crippen LogP contribution in [0.3, 0.4) is 0 Å². The molecular weight excluding hydrogens is 847 g/mol. The second-order valence-electron chi connectivity index (χ2n) is 21.2. The van der Waals surface area contributed by atoms with E-state index < -0.39 is 18.1 Å². The number of hydrogen-bond acceptors (Lipinski definition) is 6. The molecule has 0 aromatic rings. The number of nitrogens with zero attached hydrogens (tertiary/aromatic N) is 1. The van der Waals surface area contributed by atoms with Crippen LogP contribution in [0.5, 0.6) is 0 Å². The van der Waals surface area contributed by atoms with Gasteiger partial charge < -0.3 is 23.8 Å². The van der Waals surface area contributed by atoms with Crippen LogP contribution in [0.4, 0.5) is 0 Å². The van der Waals surface area contributed by atoms with E-state index in [0.717, 1.165) is 38.5 Å². The number of unbranched alkanes of at least 4 members (excludes halogenated alkanes) is 36. The largest absolute Gasteiger partial charge is 0.477 e. The van der Waals surface area contributed by atoms with Gasteiger partial charge in [-0.3, -0.25) is 9.59 Å². The number of allylic oxidation sites excluding steroid dienone is 4. The summed E-state index contributed by atoms with van der Waals surface area (Å²) in [7, 11) is 5.55. The molecule has 0 bridgehead atoms. The van der Waals surface area contributed by atoms with E-state index in [1.54, 1.807) is 0 Å². The van der Waals surface area contributed by atoms with Crippen molar-refractivity contribution < 1.29 is 38.2 Å². The Morgan fingerprint density at radius 2 is 0.735 bits per heavy atom. The number of carbonyl (C=O) groups excluding carboxylic acids is 2. The SMILES string of the molecule is CCCCCCCCCCCCC/C=C/CCCCCCCCCC(=O)OCC(COCCC(C(=O)O)[N+](C)(C)C)OC(=O)CCCCCCCCC/C=C/CCCCCCCCCCCCC. The molecule has 0 aromatic carbocycles. The van der Waals surface area contributed by atoms with E-state index >= 15 is 0 Å². The first kappa shape index (κ1) is 65.8. The Labute approximate surface area is 421 Å². The summed E-state index contributed by atoms with van der Waals surface area (Å²) in [6, 6.07) is -0.615. The van der Waals surface area contributed by atoms with E-state index in [9.17, 15) is 19.5 Å². The van der Waals surface area contributed by atoms with E-state index in [1.165, 1.54) is 218 Å². The van der Waals surface area contributed by atoms with Crippen LogP contribution in [0.2, 0.25) is 0 Å². The molecule has 0 aliphatic heterocycles. The zero-order valence-corrected chi connectivity index (χ0v) is 45.8. The molecule has 8 nitrogen and oxygen atoms in total. The van der Waals surface area contributed by atoms with Gasteiger partial charge in [0, 0.05) is 19.3 Å². The fourth-order valence-electron chi connectivity index (χ4n) is 9.03. The van der Waals surface area contributed by atoms with Gasteiger partial charge in [-0.15, -0.1) is 0 Å². The van der Waals surface area contributed by atoms with Crippen molar-refractivity contribution in [3.05, 3.63) is 24.3 Å². The summed E-state index contributed by atoms with van der Waals surface area (Å²) in [5.74, 6) is -1.46. The van der Waals surface area contributed by atoms with Crippen molar-refractivity contribution >= 4 is 17.9 Å². The minimum absolute atomic E-state index is 0.0510. The van der Waals surface area contributed by atoms with Crippen LogP contribution < -0.4 is 0 Å². The van der Waals surface area contributed by atoms with Crippen LogP contribution in [0.15, 0.2) is 24.3 Å². The highest BCUT2D eigenvalue weighted by atomic mass is 16.6. The van der Waals surface area contributed by atoms with Crippen molar-refractivity contribution in [2.45, 2.75) is 302 Å². The summed E-state index contributed by atoms with van der Waals surface area (Å²) < 4.78 is 17.4. The van der Waals surface area contributed by atoms with Crippen molar-refractivity contribution in [2.24, 2.45) is 0 Å². The average Bonchev–Trinajstić information content (AvgIpc) is 3.30. The molecule has 0 aliphatic carbocycles. The molecule has 2 unspecified atom stereocenters. The lowest BCUT2D eigenvalue weighted by Gasteiger charge is -2.31. The summed E-state index contributed by atoms with van der Waals surface area (Å²) in [5.41, 5.74) is 0. The van der Waals surface area contributed by atoms with Crippen LogP contribution in [0, 0.1) is 0 Å². The fraction of sp³-hybridized carbons (Fsp3) is 0.883. The third kappa shape index (κ3) is 48.8. The second-order valence-corrected chi connectivity index (χ2v) is 21.2. The highest BCUT2D eigenvalue weighted by Crippen LogP contribution is 2.17. The van der Waals surface area contributed by atoms with Crippen molar-refractivity contribution in [1.82, 2.24) is 0 Å². The number of likely N-dealkylation sites (N-methyl/N-ethyl adjacent to an activating group) is 1. The Morgan fingerprint density at radius 1 is 0.426 bits per heavy atom. The zero-order valence-electron chi connectivity index (χ0n) is 45.8. The molecule has 0 saturated heterocycles. The van der Waals surface area contributed by atoms with Gasteiger partial charge in [0.05, 0.1) is 34.4 Å². The zero-order chi connectivity index (χ0) is 49.9. The summed E-state index contributed by atoms with van der Waals surface area (Å²) in [4.78, 5) is 37.3. The Hall–Kier alpha value is -2.19. The van der Waals surface area contributed by atoms with Crippen LogP contribution >= 0.6 is 0 Å². The van der Waals surface area contributed by atoms with E-state index in [2.05, 4.69) is 38.2 Å². The number of esters is 2. The molecule has 0 radical (unpaired) electrons. The number of ether oxygens (including phenoxy) is 3. The number of quaternary nitrogens is 1. The Balaban J connectivity index is 4.15. The van der Waals surface area contributed by atoms with Gasteiger partial charge in [0.2, 0.25) is 0 Å². The Morgan fingerprint density at radius 3 is 1.06 bits per heavy atom. The lowest BCUT2D eigenvalue weighted by molar-refractivity contribution is -0.887. The molecule has 0 aliphatic rings. The number of carboxylic acids is 1. The molecule has 0 fully saturated rings. The van der Waals surface area contributed by atoms with Gasteiger partial charge in [-0.25, -0.2) is 4.79 Å². The van der Waals surface area contributed by atoms with Gasteiger partial charge in [-0.05, 0) is 64.2 Å². The van der Waals surface area contributed by atoms with Crippen molar-refractivity contribution in [3.63, 3.8) is 0 Å². The monoisotopic (exact) mass is 961 g/mol. The highest BCUT2D eigenvalue weighted by molar-refractivity contribution is 5.72. The molecule has 0 amide bonds. The number of hydrogen-bond donors (Lipinski definition) is 1. The Kier molecular flexibility index (Phi) is 49.5. The quantitative estimate of drug-likeness (QED) is 0.0281. The first-order valence-electron chi connectivity index (χ1n) is 29.4. The lowest BCUT2D eigenvalue weighted by atomic mass is 10.0. The molecule has 0 aromatic heterocycles. The van der Waals surface area contributed by atoms with Crippen LogP contribution in [-0.2, 0) is 28.6 Å². The third-order valence-electron chi connectivity index (χ3n) is 13.6. The lowest BCUT2D eigenvalue weighted by Crippen LogP contribution is -2.50. The van der Waals surface area contributed by atoms with Gasteiger partial charge in [-0.1, -0.05) is 231 Å². The minimum Gasteiger partial charge on any atom is -0.477 e. The molecule has 8 heteroatoms. The van der Waals surface area contributed by atoms with E-state index in [0.29, 0.717) is 19.3 Å². The van der Waals surface area contributed by atoms with E-state index in [4.69, 9.17) is 14.2 Å². The molecule has 0 heterocycles. The number of aliphatic carboxylic acids is 1. The first-order chi connectivity index (χ1) is 33.1. The van der Waals surface area contributed by atoms with Crippen molar-refractivity contribution in [2.75, 3.05) is 41.0 Å². The maximum absolute atomic E-state index is 12.8. The summed E-state index contributed by atoms with van der Waals surface area (Å²) in [6.45, 7) is 4.79. The van der Waals surface area contributed by atoms with E-state index in [-0.39, 0.29) is 36.2 Å². The van der Waals surface area contributed by atoms with E-state index in [1.807, 2.05) is 21.1 Å². The maximum Gasteiger partial charge on any atom is 0.362 e. The molecule has 1 N–H and O–H groups in total. The molecule has 68 heavy (non-hydrogen) atoms. The third-order valence-corrected chi connectivity index (χ3v) is 13.6. The van der Waals surface area contributed by atoms with Crippen LogP contribution in [0.25, 0.3) is 0 Å². The average molecular weight is 962 g/mol. The molecule has 0 spiro atoms. The predicted molar refractivity (Wildman–Crippen MR) is 289 cm³/mol. The molecule has 2 atom stereocenters. The molecule has 400 valence electrons. The number of rotatable bonds is 54. The van der Waals surface area contributed by atoms with Gasteiger partial charge in [-0.2, -0.15) is 0 Å². The summed E-state index contributed by atoms with van der Waals surface area (Å²) >= 11 is 0. The van der Waals surface area contributed by atoms with Gasteiger partial charge in [0.15, 0.2) is 12.1 Å². The summed E-state index contributed by atoms with van der Waals surface area (Å²) in [5, 5.41) is 9.68. The molecule has 0 rings (SSSR count). The molecule has 0 saturated carbocycles. The van der Waals surface area contributed by atoms with Crippen LogP contribution in [-0.4, -0.2) is 80.6 Å². The highest BCUT2D eigenvalue weighted by Gasteiger charge is 2.31.